The van der Waals surface area contributed by atoms with Crippen LogP contribution in [0.25, 0.3) is 11.3 Å². The third kappa shape index (κ3) is 3.96. The quantitative estimate of drug-likeness (QED) is 0.721. The standard InChI is InChI=1S/C18H14Cl2N2O2/c19-14-7-6-13(10-15(14)20)17-11-16(22-24-17)18(23)21-9-8-12-4-2-1-3-5-12/h1-7,10-11H,8-9H2,(H,21,23). The zero-order valence-corrected chi connectivity index (χ0v) is 14.1. The minimum atomic E-state index is -0.277. The van der Waals surface area contributed by atoms with Crippen LogP contribution in [0.1, 0.15) is 16.1 Å². The third-order valence-electron chi connectivity index (χ3n) is 3.49. The minimum Gasteiger partial charge on any atom is -0.355 e. The molecule has 0 saturated heterocycles. The number of carbonyl (C=O) groups is 1. The number of nitrogens with zero attached hydrogens (tertiary/aromatic N) is 1. The van der Waals surface area contributed by atoms with Gasteiger partial charge in [-0.15, -0.1) is 0 Å². The second-order valence-electron chi connectivity index (χ2n) is 5.20. The molecule has 0 radical (unpaired) electrons. The van der Waals surface area contributed by atoms with Gasteiger partial charge in [0, 0.05) is 18.2 Å². The lowest BCUT2D eigenvalue weighted by Gasteiger charge is -2.02. The third-order valence-corrected chi connectivity index (χ3v) is 4.23. The van der Waals surface area contributed by atoms with E-state index in [1.165, 1.54) is 0 Å². The monoisotopic (exact) mass is 360 g/mol. The van der Waals surface area contributed by atoms with Crippen LogP contribution in [0.5, 0.6) is 0 Å². The molecule has 1 N–H and O–H groups in total. The Kier molecular flexibility index (Phi) is 5.18. The summed E-state index contributed by atoms with van der Waals surface area (Å²) in [5, 5.41) is 7.50. The topological polar surface area (TPSA) is 55.1 Å². The number of carbonyl (C=O) groups excluding carboxylic acids is 1. The molecule has 0 aliphatic heterocycles. The Morgan fingerprint density at radius 3 is 2.58 bits per heavy atom. The van der Waals surface area contributed by atoms with E-state index in [0.717, 1.165) is 12.0 Å². The Morgan fingerprint density at radius 2 is 1.83 bits per heavy atom. The number of nitrogens with one attached hydrogen (secondary N) is 1. The van der Waals surface area contributed by atoms with E-state index in [-0.39, 0.29) is 11.6 Å². The fourth-order valence-corrected chi connectivity index (χ4v) is 2.52. The van der Waals surface area contributed by atoms with E-state index in [1.54, 1.807) is 24.3 Å². The number of halogens is 2. The van der Waals surface area contributed by atoms with Gasteiger partial charge in [-0.05, 0) is 30.2 Å². The molecule has 3 aromatic rings. The number of aromatic nitrogens is 1. The van der Waals surface area contributed by atoms with Gasteiger partial charge < -0.3 is 9.84 Å². The fraction of sp³-hybridized carbons (Fsp3) is 0.111. The van der Waals surface area contributed by atoms with Crippen LogP contribution in [0.3, 0.4) is 0 Å². The smallest absolute Gasteiger partial charge is 0.273 e. The molecule has 6 heteroatoms. The van der Waals surface area contributed by atoms with Crippen LogP contribution >= 0.6 is 23.2 Å². The lowest BCUT2D eigenvalue weighted by Crippen LogP contribution is -2.25. The largest absolute Gasteiger partial charge is 0.355 e. The Morgan fingerprint density at radius 1 is 1.04 bits per heavy atom. The van der Waals surface area contributed by atoms with Crippen molar-refractivity contribution >= 4 is 29.1 Å². The maximum atomic E-state index is 12.1. The van der Waals surface area contributed by atoms with E-state index >= 15 is 0 Å². The molecule has 0 unspecified atom stereocenters. The molecule has 0 spiro atoms. The van der Waals surface area contributed by atoms with Crippen molar-refractivity contribution in [3.05, 3.63) is 75.9 Å². The summed E-state index contributed by atoms with van der Waals surface area (Å²) in [6.07, 6.45) is 0.754. The van der Waals surface area contributed by atoms with Crippen LogP contribution in [0, 0.1) is 0 Å². The molecule has 0 fully saturated rings. The lowest BCUT2D eigenvalue weighted by molar-refractivity contribution is 0.0945. The molecule has 24 heavy (non-hydrogen) atoms. The summed E-state index contributed by atoms with van der Waals surface area (Å²) in [4.78, 5) is 12.1. The van der Waals surface area contributed by atoms with Crippen molar-refractivity contribution in [2.24, 2.45) is 0 Å². The van der Waals surface area contributed by atoms with Crippen molar-refractivity contribution < 1.29 is 9.32 Å². The van der Waals surface area contributed by atoms with Crippen molar-refractivity contribution in [3.63, 3.8) is 0 Å². The van der Waals surface area contributed by atoms with Crippen molar-refractivity contribution in [1.29, 1.82) is 0 Å². The highest BCUT2D eigenvalue weighted by Crippen LogP contribution is 2.28. The van der Waals surface area contributed by atoms with Crippen molar-refractivity contribution in [1.82, 2.24) is 10.5 Å². The van der Waals surface area contributed by atoms with Gasteiger partial charge in [0.05, 0.1) is 10.0 Å². The first-order chi connectivity index (χ1) is 11.6. The number of amides is 1. The Bertz CT molecular complexity index is 847. The SMILES string of the molecule is O=C(NCCc1ccccc1)c1cc(-c2ccc(Cl)c(Cl)c2)on1. The van der Waals surface area contributed by atoms with Gasteiger partial charge in [0.2, 0.25) is 0 Å². The first-order valence-electron chi connectivity index (χ1n) is 7.38. The molecule has 2 aromatic carbocycles. The first-order valence-corrected chi connectivity index (χ1v) is 8.13. The normalized spacial score (nSPS) is 10.6. The maximum absolute atomic E-state index is 12.1. The molecular weight excluding hydrogens is 347 g/mol. The average molecular weight is 361 g/mol. The van der Waals surface area contributed by atoms with Crippen LogP contribution in [0.2, 0.25) is 10.0 Å². The van der Waals surface area contributed by atoms with Crippen LogP contribution in [0.15, 0.2) is 59.1 Å². The van der Waals surface area contributed by atoms with Gasteiger partial charge in [-0.3, -0.25) is 4.79 Å². The van der Waals surface area contributed by atoms with Gasteiger partial charge in [0.25, 0.3) is 5.91 Å². The highest BCUT2D eigenvalue weighted by molar-refractivity contribution is 6.42. The van der Waals surface area contributed by atoms with E-state index < -0.39 is 0 Å². The van der Waals surface area contributed by atoms with Crippen LogP contribution in [-0.4, -0.2) is 17.6 Å². The van der Waals surface area contributed by atoms with E-state index in [9.17, 15) is 4.79 Å². The van der Waals surface area contributed by atoms with Gasteiger partial charge in [-0.2, -0.15) is 0 Å². The van der Waals surface area contributed by atoms with Gasteiger partial charge in [-0.25, -0.2) is 0 Å². The summed E-state index contributed by atoms with van der Waals surface area (Å²) in [5.41, 5.74) is 2.10. The fourth-order valence-electron chi connectivity index (χ4n) is 2.22. The minimum absolute atomic E-state index is 0.226. The van der Waals surface area contributed by atoms with Crippen molar-refractivity contribution in [3.8, 4) is 11.3 Å². The Balaban J connectivity index is 1.62. The molecule has 0 aliphatic rings. The molecule has 1 aromatic heterocycles. The molecule has 0 aliphatic carbocycles. The van der Waals surface area contributed by atoms with E-state index in [1.807, 2.05) is 30.3 Å². The highest BCUT2D eigenvalue weighted by atomic mass is 35.5. The van der Waals surface area contributed by atoms with E-state index in [0.29, 0.717) is 27.9 Å². The van der Waals surface area contributed by atoms with Crippen molar-refractivity contribution in [2.75, 3.05) is 6.54 Å². The zero-order chi connectivity index (χ0) is 16.9. The summed E-state index contributed by atoms with van der Waals surface area (Å²) in [6.45, 7) is 0.526. The number of hydrogen-bond acceptors (Lipinski definition) is 3. The van der Waals surface area contributed by atoms with Gasteiger partial charge in [-0.1, -0.05) is 58.7 Å². The maximum Gasteiger partial charge on any atom is 0.273 e. The Labute approximate surface area is 149 Å². The second-order valence-corrected chi connectivity index (χ2v) is 6.01. The summed E-state index contributed by atoms with van der Waals surface area (Å²) in [5.74, 6) is 0.183. The van der Waals surface area contributed by atoms with Gasteiger partial charge >= 0.3 is 0 Å². The van der Waals surface area contributed by atoms with Crippen LogP contribution in [-0.2, 0) is 6.42 Å². The summed E-state index contributed by atoms with van der Waals surface area (Å²) >= 11 is 11.9. The molecule has 0 saturated carbocycles. The second kappa shape index (κ2) is 7.51. The van der Waals surface area contributed by atoms with Gasteiger partial charge in [0.1, 0.15) is 0 Å². The average Bonchev–Trinajstić information content (AvgIpc) is 3.08. The molecular formula is C18H14Cl2N2O2. The predicted octanol–water partition coefficient (Wildman–Crippen LogP) is 4.62. The number of hydrogen-bond donors (Lipinski definition) is 1. The summed E-state index contributed by atoms with van der Waals surface area (Å²) in [7, 11) is 0. The number of rotatable bonds is 5. The van der Waals surface area contributed by atoms with Crippen LogP contribution < -0.4 is 5.32 Å². The molecule has 0 atom stereocenters. The number of benzene rings is 2. The molecule has 4 nitrogen and oxygen atoms in total. The van der Waals surface area contributed by atoms with E-state index in [2.05, 4.69) is 10.5 Å². The summed E-state index contributed by atoms with van der Waals surface area (Å²) in [6, 6.07) is 16.6. The summed E-state index contributed by atoms with van der Waals surface area (Å²) < 4.78 is 5.22. The van der Waals surface area contributed by atoms with E-state index in [4.69, 9.17) is 27.7 Å². The molecule has 122 valence electrons. The molecule has 0 bridgehead atoms. The Hall–Kier alpha value is -2.30. The van der Waals surface area contributed by atoms with Gasteiger partial charge in [0.15, 0.2) is 11.5 Å². The van der Waals surface area contributed by atoms with Crippen LogP contribution in [0.4, 0.5) is 0 Å². The first kappa shape index (κ1) is 16.6. The molecule has 1 amide bonds. The molecule has 3 rings (SSSR count). The lowest BCUT2D eigenvalue weighted by atomic mass is 10.1. The predicted molar refractivity (Wildman–Crippen MR) is 94.4 cm³/mol. The van der Waals surface area contributed by atoms with Crippen molar-refractivity contribution in [2.45, 2.75) is 6.42 Å². The highest BCUT2D eigenvalue weighted by Gasteiger charge is 2.14. The molecule has 1 heterocycles. The zero-order valence-electron chi connectivity index (χ0n) is 12.6.